The van der Waals surface area contributed by atoms with Crippen LogP contribution in [0.4, 0.5) is 13.2 Å². The summed E-state index contributed by atoms with van der Waals surface area (Å²) in [6.07, 6.45) is -3.87. The second-order valence-electron chi connectivity index (χ2n) is 9.69. The van der Waals surface area contributed by atoms with E-state index in [1.165, 1.54) is 0 Å². The van der Waals surface area contributed by atoms with E-state index in [0.29, 0.717) is 11.8 Å². The quantitative estimate of drug-likeness (QED) is 0.430. The van der Waals surface area contributed by atoms with Gasteiger partial charge < -0.3 is 4.74 Å². The van der Waals surface area contributed by atoms with E-state index in [2.05, 4.69) is 27.7 Å². The maximum absolute atomic E-state index is 14.1. The first-order valence-corrected chi connectivity index (χ1v) is 9.29. The molecule has 0 aliphatic rings. The Morgan fingerprint density at radius 2 is 1.29 bits per heavy atom. The van der Waals surface area contributed by atoms with Gasteiger partial charge in [0.25, 0.3) is 0 Å². The van der Waals surface area contributed by atoms with Gasteiger partial charge >= 0.3 is 6.18 Å². The van der Waals surface area contributed by atoms with E-state index in [9.17, 15) is 13.2 Å². The predicted molar refractivity (Wildman–Crippen MR) is 96.0 cm³/mol. The minimum absolute atomic E-state index is 0.0000283. The van der Waals surface area contributed by atoms with Crippen LogP contribution in [0.25, 0.3) is 0 Å². The van der Waals surface area contributed by atoms with E-state index in [0.717, 1.165) is 0 Å². The summed E-state index contributed by atoms with van der Waals surface area (Å²) in [5.74, 6) is 0.607. The molecule has 0 aliphatic heterocycles. The molecule has 0 aromatic rings. The van der Waals surface area contributed by atoms with Crippen molar-refractivity contribution in [1.82, 2.24) is 0 Å². The zero-order valence-electron chi connectivity index (χ0n) is 17.2. The summed E-state index contributed by atoms with van der Waals surface area (Å²) in [5, 5.41) is 0. The van der Waals surface area contributed by atoms with Crippen molar-refractivity contribution in [2.45, 2.75) is 93.9 Å². The van der Waals surface area contributed by atoms with Gasteiger partial charge in [0.15, 0.2) is 0 Å². The van der Waals surface area contributed by atoms with Crippen LogP contribution in [0, 0.1) is 28.6 Å². The number of hydrogen-bond donors (Lipinski definition) is 0. The summed E-state index contributed by atoms with van der Waals surface area (Å²) in [6, 6.07) is 0. The van der Waals surface area contributed by atoms with Crippen LogP contribution in [-0.4, -0.2) is 18.9 Å². The summed E-state index contributed by atoms with van der Waals surface area (Å²) in [6.45, 7) is 17.8. The van der Waals surface area contributed by atoms with Gasteiger partial charge in [0.1, 0.15) is 0 Å². The third-order valence-electron chi connectivity index (χ3n) is 4.47. The third kappa shape index (κ3) is 7.76. The van der Waals surface area contributed by atoms with Gasteiger partial charge in [-0.1, -0.05) is 62.3 Å². The first kappa shape index (κ1) is 23.8. The summed E-state index contributed by atoms with van der Waals surface area (Å²) in [4.78, 5) is 0. The molecule has 0 aromatic carbocycles. The van der Waals surface area contributed by atoms with Crippen LogP contribution in [0.2, 0.25) is 0 Å². The second kappa shape index (κ2) is 8.91. The van der Waals surface area contributed by atoms with E-state index < -0.39 is 11.6 Å². The Morgan fingerprint density at radius 3 is 1.58 bits per heavy atom. The number of rotatable bonds is 9. The van der Waals surface area contributed by atoms with Crippen LogP contribution < -0.4 is 0 Å². The minimum atomic E-state index is -4.21. The van der Waals surface area contributed by atoms with E-state index in [1.54, 1.807) is 0 Å². The van der Waals surface area contributed by atoms with Crippen molar-refractivity contribution in [2.75, 3.05) is 6.61 Å². The fraction of sp³-hybridized carbons (Fsp3) is 1.00. The highest BCUT2D eigenvalue weighted by Gasteiger charge is 2.55. The molecule has 0 radical (unpaired) electrons. The Morgan fingerprint density at radius 1 is 0.833 bits per heavy atom. The van der Waals surface area contributed by atoms with Crippen molar-refractivity contribution in [3.8, 4) is 0 Å². The highest BCUT2D eigenvalue weighted by molar-refractivity contribution is 4.91. The zero-order valence-corrected chi connectivity index (χ0v) is 17.2. The molecule has 0 saturated carbocycles. The Balaban J connectivity index is 5.32. The molecule has 0 amide bonds. The van der Waals surface area contributed by atoms with E-state index in [4.69, 9.17) is 4.74 Å². The Kier molecular flexibility index (Phi) is 8.82. The molecule has 0 saturated heterocycles. The molecule has 0 aromatic heterocycles. The lowest BCUT2D eigenvalue weighted by atomic mass is 9.67. The number of halogens is 3. The van der Waals surface area contributed by atoms with Crippen molar-refractivity contribution < 1.29 is 17.9 Å². The lowest BCUT2D eigenvalue weighted by Crippen LogP contribution is -2.43. The molecule has 1 nitrogen and oxygen atoms in total. The third-order valence-corrected chi connectivity index (χ3v) is 4.47. The van der Waals surface area contributed by atoms with Gasteiger partial charge in [-0.05, 0) is 42.4 Å². The second-order valence-corrected chi connectivity index (χ2v) is 9.69. The lowest BCUT2D eigenvalue weighted by Gasteiger charge is -2.42. The molecule has 0 fully saturated rings. The summed E-state index contributed by atoms with van der Waals surface area (Å²) in [7, 11) is 0. The molecule has 0 aliphatic carbocycles. The molecule has 146 valence electrons. The number of hydrogen-bond acceptors (Lipinski definition) is 1. The molecular formula is C20H39F3O. The average Bonchev–Trinajstić information content (AvgIpc) is 2.28. The van der Waals surface area contributed by atoms with E-state index in [1.807, 2.05) is 34.6 Å². The molecular weight excluding hydrogens is 313 g/mol. The first-order valence-electron chi connectivity index (χ1n) is 9.29. The smallest absolute Gasteiger partial charge is 0.378 e. The van der Waals surface area contributed by atoms with Crippen LogP contribution >= 0.6 is 0 Å². The maximum Gasteiger partial charge on any atom is 0.394 e. The SMILES string of the molecule is CC(C)C[C@@](CCOC(C(C)C)C(C)C)(CC(C)(C)C)C(F)(F)F. The summed E-state index contributed by atoms with van der Waals surface area (Å²) >= 11 is 0. The molecule has 0 spiro atoms. The van der Waals surface area contributed by atoms with Crippen molar-refractivity contribution in [3.05, 3.63) is 0 Å². The average molecular weight is 353 g/mol. The van der Waals surface area contributed by atoms with Crippen LogP contribution in [0.1, 0.15) is 81.6 Å². The molecule has 0 bridgehead atoms. The van der Waals surface area contributed by atoms with Crippen LogP contribution in [0.5, 0.6) is 0 Å². The molecule has 1 atom stereocenters. The topological polar surface area (TPSA) is 9.23 Å². The highest BCUT2D eigenvalue weighted by atomic mass is 19.4. The molecule has 4 heteroatoms. The molecule has 24 heavy (non-hydrogen) atoms. The van der Waals surface area contributed by atoms with Crippen LogP contribution in [-0.2, 0) is 4.74 Å². The van der Waals surface area contributed by atoms with Crippen LogP contribution in [0.3, 0.4) is 0 Å². The van der Waals surface area contributed by atoms with Gasteiger partial charge in [0, 0.05) is 6.61 Å². The molecule has 0 N–H and O–H groups in total. The van der Waals surface area contributed by atoms with Crippen molar-refractivity contribution >= 4 is 0 Å². The highest BCUT2D eigenvalue weighted by Crippen LogP contribution is 2.52. The van der Waals surface area contributed by atoms with Gasteiger partial charge in [-0.25, -0.2) is 0 Å². The fourth-order valence-electron chi connectivity index (χ4n) is 3.96. The first-order chi connectivity index (χ1) is 10.6. The molecule has 0 rings (SSSR count). The minimum Gasteiger partial charge on any atom is -0.378 e. The van der Waals surface area contributed by atoms with Gasteiger partial charge in [-0.2, -0.15) is 13.2 Å². The number of alkyl halides is 3. The largest absolute Gasteiger partial charge is 0.394 e. The maximum atomic E-state index is 14.1. The number of ether oxygens (including phenoxy) is 1. The molecule has 0 heterocycles. The van der Waals surface area contributed by atoms with Gasteiger partial charge in [-0.3, -0.25) is 0 Å². The lowest BCUT2D eigenvalue weighted by molar-refractivity contribution is -0.246. The van der Waals surface area contributed by atoms with Crippen molar-refractivity contribution in [3.63, 3.8) is 0 Å². The van der Waals surface area contributed by atoms with E-state index in [-0.39, 0.29) is 43.3 Å². The Bertz CT molecular complexity index is 345. The molecule has 0 unspecified atom stereocenters. The van der Waals surface area contributed by atoms with Gasteiger partial charge in [0.05, 0.1) is 11.5 Å². The Labute approximate surface area is 147 Å². The van der Waals surface area contributed by atoms with Gasteiger partial charge in [-0.15, -0.1) is 0 Å². The standard InChI is InChI=1S/C20H39F3O/c1-14(2)12-19(20(21,22)23,13-18(7,8)9)10-11-24-17(15(3)4)16(5)6/h14-17H,10-13H2,1-9H3/t19-/m0/s1. The Hall–Kier alpha value is -0.250. The zero-order chi connectivity index (χ0) is 19.3. The summed E-state index contributed by atoms with van der Waals surface area (Å²) < 4.78 is 48.1. The fourth-order valence-corrected chi connectivity index (χ4v) is 3.96. The normalized spacial score (nSPS) is 16.5. The van der Waals surface area contributed by atoms with Gasteiger partial charge in [0.2, 0.25) is 0 Å². The van der Waals surface area contributed by atoms with Crippen LogP contribution in [0.15, 0.2) is 0 Å². The summed E-state index contributed by atoms with van der Waals surface area (Å²) in [5.41, 5.74) is -2.04. The van der Waals surface area contributed by atoms with E-state index >= 15 is 0 Å². The predicted octanol–water partition coefficient (Wildman–Crippen LogP) is 7.10. The van der Waals surface area contributed by atoms with Crippen molar-refractivity contribution in [2.24, 2.45) is 28.6 Å². The van der Waals surface area contributed by atoms with Crippen molar-refractivity contribution in [1.29, 1.82) is 0 Å². The monoisotopic (exact) mass is 352 g/mol.